The summed E-state index contributed by atoms with van der Waals surface area (Å²) in [5.74, 6) is 3.06. The molecule has 3 saturated carbocycles. The smallest absolute Gasteiger partial charge is 0.117 e. The van der Waals surface area contributed by atoms with Gasteiger partial charge in [0.1, 0.15) is 5.76 Å². The van der Waals surface area contributed by atoms with Crippen molar-refractivity contribution < 1.29 is 9.47 Å². The van der Waals surface area contributed by atoms with Crippen molar-refractivity contribution in [3.8, 4) is 0 Å². The fraction of sp³-hybridized carbons (Fsp3) is 0.708. The zero-order valence-corrected chi connectivity index (χ0v) is 17.1. The molecule has 3 fully saturated rings. The minimum absolute atomic E-state index is 0.215. The molecule has 0 aromatic heterocycles. The van der Waals surface area contributed by atoms with Crippen molar-refractivity contribution in [3.05, 3.63) is 35.8 Å². The predicted molar refractivity (Wildman–Crippen MR) is 108 cm³/mol. The molecule has 3 nitrogen and oxygen atoms in total. The number of methoxy groups -OCH3 is 1. The minimum Gasteiger partial charge on any atom is -0.468 e. The molecule has 0 aromatic rings. The van der Waals surface area contributed by atoms with Gasteiger partial charge in [-0.2, -0.15) is 0 Å². The Kier molecular flexibility index (Phi) is 3.99. The number of fused-ring (bicyclic) bond motifs is 7. The molecule has 4 aliphatic carbocycles. The summed E-state index contributed by atoms with van der Waals surface area (Å²) in [5, 5.41) is 0. The number of ether oxygens (including phenoxy) is 2. The summed E-state index contributed by atoms with van der Waals surface area (Å²) in [6.45, 7) is 9.62. The highest BCUT2D eigenvalue weighted by Gasteiger charge is 2.59. The van der Waals surface area contributed by atoms with E-state index in [4.69, 9.17) is 14.5 Å². The molecule has 0 spiro atoms. The first-order valence-electron chi connectivity index (χ1n) is 10.8. The molecule has 0 radical (unpaired) electrons. The van der Waals surface area contributed by atoms with Crippen LogP contribution in [-0.2, 0) is 9.47 Å². The fourth-order valence-corrected chi connectivity index (χ4v) is 7.26. The average molecular weight is 368 g/mol. The summed E-state index contributed by atoms with van der Waals surface area (Å²) in [7, 11) is 1.87. The molecule has 0 aromatic carbocycles. The van der Waals surface area contributed by atoms with Crippen molar-refractivity contribution in [1.29, 1.82) is 0 Å². The van der Waals surface area contributed by atoms with Gasteiger partial charge in [0.05, 0.1) is 18.9 Å². The normalized spacial score (nSPS) is 45.9. The van der Waals surface area contributed by atoms with Crippen LogP contribution in [0.2, 0.25) is 0 Å². The lowest BCUT2D eigenvalue weighted by molar-refractivity contribution is -0.0271. The lowest BCUT2D eigenvalue weighted by Gasteiger charge is -2.57. The second kappa shape index (κ2) is 6.07. The van der Waals surface area contributed by atoms with E-state index in [1.165, 1.54) is 43.4 Å². The second-order valence-electron chi connectivity index (χ2n) is 9.98. The molecule has 6 atom stereocenters. The molecule has 5 rings (SSSR count). The zero-order chi connectivity index (χ0) is 18.8. The van der Waals surface area contributed by atoms with Crippen molar-refractivity contribution in [2.45, 2.75) is 64.9 Å². The lowest BCUT2D eigenvalue weighted by atomic mass is 9.48. The average Bonchev–Trinajstić information content (AvgIpc) is 2.81. The van der Waals surface area contributed by atoms with E-state index >= 15 is 0 Å². The van der Waals surface area contributed by atoms with Gasteiger partial charge in [-0.05, 0) is 68.1 Å². The molecule has 0 amide bonds. The molecule has 3 heteroatoms. The highest BCUT2D eigenvalue weighted by atomic mass is 16.5. The molecule has 0 unspecified atom stereocenters. The van der Waals surface area contributed by atoms with Gasteiger partial charge in [-0.3, -0.25) is 4.99 Å². The van der Waals surface area contributed by atoms with Gasteiger partial charge in [-0.15, -0.1) is 0 Å². The van der Waals surface area contributed by atoms with Gasteiger partial charge >= 0.3 is 0 Å². The van der Waals surface area contributed by atoms with Gasteiger partial charge in [0.2, 0.25) is 0 Å². The van der Waals surface area contributed by atoms with Crippen molar-refractivity contribution in [3.63, 3.8) is 0 Å². The summed E-state index contributed by atoms with van der Waals surface area (Å²) < 4.78 is 11.4. The largest absolute Gasteiger partial charge is 0.468 e. The highest BCUT2D eigenvalue weighted by Crippen LogP contribution is 2.65. The molecule has 146 valence electrons. The van der Waals surface area contributed by atoms with E-state index in [-0.39, 0.29) is 5.41 Å². The van der Waals surface area contributed by atoms with Gasteiger partial charge in [-0.25, -0.2) is 0 Å². The predicted octanol–water partition coefficient (Wildman–Crippen LogP) is 5.44. The summed E-state index contributed by atoms with van der Waals surface area (Å²) >= 11 is 0. The first-order chi connectivity index (χ1) is 13.0. The topological polar surface area (TPSA) is 30.8 Å². The van der Waals surface area contributed by atoms with Crippen LogP contribution in [0.1, 0.15) is 58.8 Å². The monoisotopic (exact) mass is 367 g/mol. The summed E-state index contributed by atoms with van der Waals surface area (Å²) in [4.78, 5) is 4.97. The molecule has 0 bridgehead atoms. The maximum Gasteiger partial charge on any atom is 0.117 e. The van der Waals surface area contributed by atoms with Gasteiger partial charge < -0.3 is 9.47 Å². The highest BCUT2D eigenvalue weighted by molar-refractivity contribution is 6.07. The summed E-state index contributed by atoms with van der Waals surface area (Å²) in [5.41, 5.74) is 4.95. The molecule has 0 N–H and O–H groups in total. The Morgan fingerprint density at radius 2 is 1.96 bits per heavy atom. The van der Waals surface area contributed by atoms with Crippen LogP contribution >= 0.6 is 0 Å². The second-order valence-corrected chi connectivity index (χ2v) is 9.98. The molecular weight excluding hydrogens is 334 g/mol. The van der Waals surface area contributed by atoms with Crippen molar-refractivity contribution in [1.82, 2.24) is 0 Å². The van der Waals surface area contributed by atoms with Crippen LogP contribution in [-0.4, -0.2) is 25.5 Å². The zero-order valence-electron chi connectivity index (χ0n) is 17.1. The number of hydrogen-bond donors (Lipinski definition) is 0. The van der Waals surface area contributed by atoms with E-state index in [0.29, 0.717) is 24.0 Å². The molecule has 5 aliphatic rings. The number of allylic oxidation sites excluding steroid dienone is 2. The van der Waals surface area contributed by atoms with Crippen LogP contribution in [0.4, 0.5) is 0 Å². The number of aliphatic imine (C=N–C) groups is 1. The standard InChI is InChI=1S/C24H33NO2/c1-15-13-25-22-16(14-27-15)11-21-19-6-5-17-12-18(26-4)7-9-23(17,2)20(19)8-10-24(21,22)3/h5,14,18-21H,1,6-13H2,2-4H3/t18-,19+,20-,21-,23-,24-/m0/s1. The third-order valence-electron chi connectivity index (χ3n) is 8.85. The van der Waals surface area contributed by atoms with Gasteiger partial charge in [0.25, 0.3) is 0 Å². The van der Waals surface area contributed by atoms with Crippen LogP contribution in [0.5, 0.6) is 0 Å². The maximum atomic E-state index is 5.74. The fourth-order valence-electron chi connectivity index (χ4n) is 7.26. The van der Waals surface area contributed by atoms with Gasteiger partial charge in [0, 0.05) is 23.8 Å². The van der Waals surface area contributed by atoms with Gasteiger partial charge in [-0.1, -0.05) is 32.1 Å². The van der Waals surface area contributed by atoms with Crippen molar-refractivity contribution in [2.75, 3.05) is 13.7 Å². The van der Waals surface area contributed by atoms with Crippen LogP contribution in [0.25, 0.3) is 0 Å². The van der Waals surface area contributed by atoms with Gasteiger partial charge in [0.15, 0.2) is 0 Å². The van der Waals surface area contributed by atoms with E-state index in [1.54, 1.807) is 5.57 Å². The van der Waals surface area contributed by atoms with E-state index in [2.05, 4.69) is 26.5 Å². The third kappa shape index (κ3) is 2.46. The number of rotatable bonds is 1. The Morgan fingerprint density at radius 1 is 1.15 bits per heavy atom. The Hall–Kier alpha value is -1.35. The molecule has 1 aliphatic heterocycles. The minimum atomic E-state index is 0.215. The SMILES string of the molecule is C=C1CN=C2C(=CO1)C[C@H]1[C@@H]3CC=C4C[C@@H](OC)CC[C@]4(C)[C@H]3CC[C@]21C. The Labute approximate surface area is 163 Å². The number of nitrogens with zero attached hydrogens (tertiary/aromatic N) is 1. The first kappa shape index (κ1) is 17.7. The van der Waals surface area contributed by atoms with Crippen molar-refractivity contribution >= 4 is 5.71 Å². The van der Waals surface area contributed by atoms with E-state index < -0.39 is 0 Å². The summed E-state index contributed by atoms with van der Waals surface area (Å²) in [6, 6.07) is 0. The third-order valence-corrected chi connectivity index (χ3v) is 8.85. The van der Waals surface area contributed by atoms with Crippen LogP contribution in [0.3, 0.4) is 0 Å². The van der Waals surface area contributed by atoms with E-state index in [9.17, 15) is 0 Å². The quantitative estimate of drug-likeness (QED) is 0.578. The van der Waals surface area contributed by atoms with Crippen LogP contribution in [0, 0.1) is 28.6 Å². The number of hydrogen-bond acceptors (Lipinski definition) is 3. The summed E-state index contributed by atoms with van der Waals surface area (Å²) in [6.07, 6.45) is 13.6. The molecular formula is C24H33NO2. The maximum absolute atomic E-state index is 5.74. The first-order valence-corrected chi connectivity index (χ1v) is 10.8. The molecule has 27 heavy (non-hydrogen) atoms. The lowest BCUT2D eigenvalue weighted by Crippen LogP contribution is -2.50. The van der Waals surface area contributed by atoms with Crippen molar-refractivity contribution in [2.24, 2.45) is 33.6 Å². The van der Waals surface area contributed by atoms with Crippen LogP contribution < -0.4 is 0 Å². The molecule has 1 heterocycles. The molecule has 0 saturated heterocycles. The Morgan fingerprint density at radius 3 is 2.78 bits per heavy atom. The Balaban J connectivity index is 1.49. The van der Waals surface area contributed by atoms with E-state index in [0.717, 1.165) is 30.4 Å². The Bertz CT molecular complexity index is 762. The van der Waals surface area contributed by atoms with E-state index in [1.807, 2.05) is 13.4 Å². The van der Waals surface area contributed by atoms with Crippen LogP contribution in [0.15, 0.2) is 40.8 Å².